The minimum Gasteiger partial charge on any atom is -0.385 e. The minimum atomic E-state index is -0.803. The number of benzene rings is 2. The summed E-state index contributed by atoms with van der Waals surface area (Å²) in [6, 6.07) is 14.7. The smallest absolute Gasteiger partial charge is 0.123 e. The molecule has 2 aliphatic carbocycles. The van der Waals surface area contributed by atoms with Gasteiger partial charge >= 0.3 is 0 Å². The molecule has 2 aromatic rings. The number of aryl methyl sites for hydroxylation is 1. The fourth-order valence-electron chi connectivity index (χ4n) is 5.37. The molecule has 160 valence electrons. The number of aliphatic hydroxyl groups is 1. The van der Waals surface area contributed by atoms with E-state index in [1.165, 1.54) is 23.3 Å². The fourth-order valence-corrected chi connectivity index (χ4v) is 5.37. The number of anilines is 1. The summed E-state index contributed by atoms with van der Waals surface area (Å²) < 4.78 is 13.4. The molecule has 2 aromatic carbocycles. The lowest BCUT2D eigenvalue weighted by atomic mass is 9.76. The van der Waals surface area contributed by atoms with Crippen LogP contribution in [-0.4, -0.2) is 10.7 Å². The van der Waals surface area contributed by atoms with E-state index < -0.39 is 5.60 Å². The number of rotatable bonds is 5. The van der Waals surface area contributed by atoms with Crippen molar-refractivity contribution in [1.29, 1.82) is 0 Å². The van der Waals surface area contributed by atoms with Crippen molar-refractivity contribution in [2.24, 2.45) is 11.7 Å². The van der Waals surface area contributed by atoms with Gasteiger partial charge in [0.05, 0.1) is 17.0 Å². The number of halogens is 1. The van der Waals surface area contributed by atoms with Gasteiger partial charge in [0.2, 0.25) is 0 Å². The van der Waals surface area contributed by atoms with E-state index in [2.05, 4.69) is 30.6 Å². The van der Waals surface area contributed by atoms with Crippen LogP contribution in [-0.2, 0) is 13.0 Å². The molecule has 0 fully saturated rings. The highest BCUT2D eigenvalue weighted by Gasteiger charge is 2.45. The number of hydrogen-bond donors (Lipinski definition) is 3. The van der Waals surface area contributed by atoms with Crippen molar-refractivity contribution in [1.82, 2.24) is 5.43 Å². The Bertz CT molecular complexity index is 1100. The Labute approximate surface area is 182 Å². The summed E-state index contributed by atoms with van der Waals surface area (Å²) in [6.45, 7) is 2.69. The van der Waals surface area contributed by atoms with Gasteiger partial charge in [-0.15, -0.1) is 0 Å². The first kappa shape index (κ1) is 20.0. The lowest BCUT2D eigenvalue weighted by molar-refractivity contribution is 0.0633. The van der Waals surface area contributed by atoms with Crippen LogP contribution in [0.3, 0.4) is 0 Å². The largest absolute Gasteiger partial charge is 0.385 e. The second kappa shape index (κ2) is 7.66. The highest BCUT2D eigenvalue weighted by molar-refractivity contribution is 5.65. The van der Waals surface area contributed by atoms with Gasteiger partial charge in [0.15, 0.2) is 0 Å². The molecule has 0 saturated heterocycles. The quantitative estimate of drug-likeness (QED) is 0.671. The average molecular weight is 418 g/mol. The van der Waals surface area contributed by atoms with E-state index in [0.717, 1.165) is 47.4 Å². The van der Waals surface area contributed by atoms with Gasteiger partial charge in [-0.1, -0.05) is 31.2 Å². The monoisotopic (exact) mass is 417 g/mol. The Balaban J connectivity index is 1.43. The molecule has 5 rings (SSSR count). The fraction of sp³-hybridized carbons (Fsp3) is 0.308. The summed E-state index contributed by atoms with van der Waals surface area (Å²) >= 11 is 0. The maximum absolute atomic E-state index is 13.4. The number of hydrazine groups is 1. The molecular weight excluding hydrogens is 389 g/mol. The van der Waals surface area contributed by atoms with Crippen LogP contribution in [0.2, 0.25) is 0 Å². The molecule has 0 amide bonds. The van der Waals surface area contributed by atoms with Crippen LogP contribution in [0.1, 0.15) is 37.3 Å². The number of nitrogens with one attached hydrogen (secondary N) is 1. The third kappa shape index (κ3) is 3.38. The van der Waals surface area contributed by atoms with E-state index in [0.29, 0.717) is 13.0 Å². The lowest BCUT2D eigenvalue weighted by Crippen LogP contribution is -2.34. The van der Waals surface area contributed by atoms with Gasteiger partial charge in [0, 0.05) is 24.2 Å². The summed E-state index contributed by atoms with van der Waals surface area (Å²) in [7, 11) is 0. The number of nitrogens with two attached hydrogens (primary N) is 1. The third-order valence-corrected chi connectivity index (χ3v) is 6.98. The van der Waals surface area contributed by atoms with Gasteiger partial charge in [-0.25, -0.2) is 4.39 Å². The lowest BCUT2D eigenvalue weighted by Gasteiger charge is -2.34. The number of nitrogens with zero attached hydrogens (tertiary/aromatic N) is 1. The van der Waals surface area contributed by atoms with Crippen LogP contribution >= 0.6 is 0 Å². The van der Waals surface area contributed by atoms with Crippen LogP contribution in [0.5, 0.6) is 0 Å². The Hall–Kier alpha value is -2.89. The van der Waals surface area contributed by atoms with Crippen molar-refractivity contribution in [3.05, 3.63) is 100 Å². The zero-order valence-corrected chi connectivity index (χ0v) is 17.7. The minimum absolute atomic E-state index is 0.116. The van der Waals surface area contributed by atoms with E-state index in [4.69, 9.17) is 5.73 Å². The zero-order valence-electron chi connectivity index (χ0n) is 17.7. The van der Waals surface area contributed by atoms with Gasteiger partial charge in [0.1, 0.15) is 5.82 Å². The summed E-state index contributed by atoms with van der Waals surface area (Å²) in [4.78, 5) is 0. The maximum atomic E-state index is 13.4. The Morgan fingerprint density at radius 3 is 2.65 bits per heavy atom. The summed E-state index contributed by atoms with van der Waals surface area (Å²) in [6.07, 6.45) is 7.31. The van der Waals surface area contributed by atoms with Crippen molar-refractivity contribution < 1.29 is 9.50 Å². The molecule has 1 aliphatic heterocycles. The first-order valence-corrected chi connectivity index (χ1v) is 11.0. The van der Waals surface area contributed by atoms with Crippen molar-refractivity contribution in [2.45, 2.75) is 44.8 Å². The van der Waals surface area contributed by atoms with Gasteiger partial charge in [0.25, 0.3) is 0 Å². The molecule has 0 radical (unpaired) electrons. The second-order valence-corrected chi connectivity index (χ2v) is 8.74. The molecule has 2 atom stereocenters. The molecule has 0 aromatic heterocycles. The molecule has 31 heavy (non-hydrogen) atoms. The predicted octanol–water partition coefficient (Wildman–Crippen LogP) is 4.48. The van der Waals surface area contributed by atoms with Crippen LogP contribution < -0.4 is 16.2 Å². The zero-order chi connectivity index (χ0) is 21.6. The second-order valence-electron chi connectivity index (χ2n) is 8.74. The Kier molecular flexibility index (Phi) is 4.95. The Morgan fingerprint density at radius 1 is 1.16 bits per heavy atom. The first-order chi connectivity index (χ1) is 15.0. The summed E-state index contributed by atoms with van der Waals surface area (Å²) in [5.74, 6) is -0.130. The van der Waals surface area contributed by atoms with Gasteiger partial charge < -0.3 is 16.3 Å². The van der Waals surface area contributed by atoms with Crippen LogP contribution in [0.25, 0.3) is 0 Å². The topological polar surface area (TPSA) is 61.5 Å². The van der Waals surface area contributed by atoms with Crippen molar-refractivity contribution in [3.63, 3.8) is 0 Å². The van der Waals surface area contributed by atoms with Gasteiger partial charge in [-0.05, 0) is 78.3 Å². The molecule has 0 bridgehead atoms. The van der Waals surface area contributed by atoms with Gasteiger partial charge in [-0.3, -0.25) is 5.01 Å². The maximum Gasteiger partial charge on any atom is 0.123 e. The average Bonchev–Trinajstić information content (AvgIpc) is 3.35. The molecule has 5 heteroatoms. The van der Waals surface area contributed by atoms with Crippen molar-refractivity contribution >= 4 is 5.69 Å². The number of hydrogen-bond acceptors (Lipinski definition) is 4. The van der Waals surface area contributed by atoms with E-state index in [1.54, 1.807) is 12.1 Å². The number of allylic oxidation sites excluding steroid dienone is 3. The SMILES string of the molecule is C[C@H]1C2=CNN(c3ccc(F)cc3)C2=CC2=C1[C@](O)(CCc1ccccc1CN)CC2. The molecule has 4 nitrogen and oxygen atoms in total. The molecule has 3 aliphatic rings. The molecule has 0 spiro atoms. The van der Waals surface area contributed by atoms with E-state index >= 15 is 0 Å². The van der Waals surface area contributed by atoms with E-state index in [-0.39, 0.29) is 11.7 Å². The molecule has 4 N–H and O–H groups in total. The predicted molar refractivity (Wildman–Crippen MR) is 121 cm³/mol. The van der Waals surface area contributed by atoms with Crippen LogP contribution in [0.4, 0.5) is 10.1 Å². The molecular formula is C26H28FN3O. The summed E-state index contributed by atoms with van der Waals surface area (Å²) in [5, 5.41) is 13.7. The first-order valence-electron chi connectivity index (χ1n) is 11.0. The molecule has 1 heterocycles. The van der Waals surface area contributed by atoms with Crippen molar-refractivity contribution in [3.8, 4) is 0 Å². The normalized spacial score (nSPS) is 24.5. The highest BCUT2D eigenvalue weighted by Crippen LogP contribution is 2.50. The highest BCUT2D eigenvalue weighted by atomic mass is 19.1. The standard InChI is InChI=1S/C26H28FN3O/c1-17-23-16-29-30(22-8-6-21(27)7-9-22)24(23)14-19-11-13-26(31,25(17)19)12-10-18-4-2-3-5-20(18)15-28/h2-9,14,16-17,29,31H,10-13,15,28H2,1H3/t17-,26-/m0/s1. The Morgan fingerprint density at radius 2 is 1.90 bits per heavy atom. The third-order valence-electron chi connectivity index (χ3n) is 6.98. The molecule has 0 unspecified atom stereocenters. The molecule has 0 saturated carbocycles. The van der Waals surface area contributed by atoms with E-state index in [1.807, 2.05) is 23.3 Å². The number of fused-ring (bicyclic) bond motifs is 1. The van der Waals surface area contributed by atoms with Crippen LogP contribution in [0, 0.1) is 11.7 Å². The van der Waals surface area contributed by atoms with Crippen molar-refractivity contribution in [2.75, 3.05) is 5.01 Å². The summed E-state index contributed by atoms with van der Waals surface area (Å²) in [5.41, 5.74) is 16.3. The van der Waals surface area contributed by atoms with Gasteiger partial charge in [-0.2, -0.15) is 0 Å². The van der Waals surface area contributed by atoms with E-state index in [9.17, 15) is 9.50 Å². The van der Waals surface area contributed by atoms with Crippen LogP contribution in [0.15, 0.2) is 83.2 Å².